The van der Waals surface area contributed by atoms with Crippen LogP contribution in [0.4, 0.5) is 13.2 Å². The summed E-state index contributed by atoms with van der Waals surface area (Å²) in [5.41, 5.74) is 2.13. The average molecular weight is 261 g/mol. The molecule has 1 nitrogen and oxygen atoms in total. The summed E-state index contributed by atoms with van der Waals surface area (Å²) in [6.45, 7) is 3.57. The standard InChI is InChI=1S/C12H14F3NS/c1-2-3-7-10(16)9-6-4-5-8-11(9)17-12(13,14)15/h2,4-6,8,10H,1,3,7,16H2/t10-/m1/s1. The lowest BCUT2D eigenvalue weighted by molar-refractivity contribution is -0.0328. The van der Waals surface area contributed by atoms with Gasteiger partial charge in [0.05, 0.1) is 0 Å². The van der Waals surface area contributed by atoms with E-state index in [0.29, 0.717) is 18.4 Å². The van der Waals surface area contributed by atoms with E-state index in [-0.39, 0.29) is 22.7 Å². The Morgan fingerprint density at radius 1 is 1.35 bits per heavy atom. The van der Waals surface area contributed by atoms with E-state index >= 15 is 0 Å². The van der Waals surface area contributed by atoms with Crippen molar-refractivity contribution in [2.24, 2.45) is 5.73 Å². The van der Waals surface area contributed by atoms with Crippen LogP contribution in [-0.4, -0.2) is 5.51 Å². The highest BCUT2D eigenvalue weighted by Gasteiger charge is 2.30. The molecular weight excluding hydrogens is 247 g/mol. The van der Waals surface area contributed by atoms with Crippen molar-refractivity contribution in [3.8, 4) is 0 Å². The van der Waals surface area contributed by atoms with E-state index in [0.717, 1.165) is 0 Å². The van der Waals surface area contributed by atoms with Crippen LogP contribution in [-0.2, 0) is 0 Å². The number of thioether (sulfide) groups is 1. The predicted molar refractivity (Wildman–Crippen MR) is 64.7 cm³/mol. The summed E-state index contributed by atoms with van der Waals surface area (Å²) in [7, 11) is 0. The molecule has 1 atom stereocenters. The van der Waals surface area contributed by atoms with Gasteiger partial charge in [0.2, 0.25) is 0 Å². The smallest absolute Gasteiger partial charge is 0.324 e. The van der Waals surface area contributed by atoms with E-state index in [1.807, 2.05) is 0 Å². The van der Waals surface area contributed by atoms with Crippen LogP contribution in [0, 0.1) is 0 Å². The number of alkyl halides is 3. The van der Waals surface area contributed by atoms with Gasteiger partial charge < -0.3 is 5.73 Å². The third kappa shape index (κ3) is 4.83. The molecule has 0 spiro atoms. The van der Waals surface area contributed by atoms with Crippen molar-refractivity contribution in [3.05, 3.63) is 42.5 Å². The van der Waals surface area contributed by atoms with Gasteiger partial charge in [0.25, 0.3) is 0 Å². The maximum absolute atomic E-state index is 12.3. The second-order valence-corrected chi connectivity index (χ2v) is 4.67. The Balaban J connectivity index is 2.87. The van der Waals surface area contributed by atoms with E-state index in [9.17, 15) is 13.2 Å². The third-order valence-electron chi connectivity index (χ3n) is 2.23. The van der Waals surface area contributed by atoms with Crippen LogP contribution in [0.1, 0.15) is 24.4 Å². The summed E-state index contributed by atoms with van der Waals surface area (Å²) in [5.74, 6) is 0. The summed E-state index contributed by atoms with van der Waals surface area (Å²) in [6.07, 6.45) is 2.99. The molecular formula is C12H14F3NS. The molecule has 0 saturated carbocycles. The zero-order chi connectivity index (χ0) is 12.9. The molecule has 0 heterocycles. The molecule has 0 unspecified atom stereocenters. The van der Waals surface area contributed by atoms with E-state index in [1.54, 1.807) is 24.3 Å². The van der Waals surface area contributed by atoms with Gasteiger partial charge in [-0.1, -0.05) is 24.3 Å². The summed E-state index contributed by atoms with van der Waals surface area (Å²) < 4.78 is 37.0. The Morgan fingerprint density at radius 2 is 2.00 bits per heavy atom. The van der Waals surface area contributed by atoms with E-state index in [1.165, 1.54) is 6.07 Å². The van der Waals surface area contributed by atoms with E-state index in [2.05, 4.69) is 6.58 Å². The first kappa shape index (κ1) is 14.1. The Morgan fingerprint density at radius 3 is 2.59 bits per heavy atom. The van der Waals surface area contributed by atoms with Gasteiger partial charge in [-0.3, -0.25) is 0 Å². The van der Waals surface area contributed by atoms with Crippen LogP contribution in [0.25, 0.3) is 0 Å². The minimum atomic E-state index is -4.28. The van der Waals surface area contributed by atoms with Gasteiger partial charge >= 0.3 is 5.51 Å². The van der Waals surface area contributed by atoms with Crippen LogP contribution in [0.3, 0.4) is 0 Å². The SMILES string of the molecule is C=CCC[C@@H](N)c1ccccc1SC(F)(F)F. The van der Waals surface area contributed by atoms with Crippen molar-refractivity contribution in [2.75, 3.05) is 0 Å². The minimum Gasteiger partial charge on any atom is -0.324 e. The largest absolute Gasteiger partial charge is 0.446 e. The maximum atomic E-state index is 12.3. The highest BCUT2D eigenvalue weighted by Crippen LogP contribution is 2.40. The van der Waals surface area contributed by atoms with Crippen LogP contribution < -0.4 is 5.73 Å². The Labute approximate surface area is 103 Å². The lowest BCUT2D eigenvalue weighted by atomic mass is 10.0. The van der Waals surface area contributed by atoms with Gasteiger partial charge in [-0.15, -0.1) is 6.58 Å². The molecule has 0 aromatic heterocycles. The van der Waals surface area contributed by atoms with Crippen LogP contribution in [0.15, 0.2) is 41.8 Å². The Bertz CT molecular complexity index is 376. The zero-order valence-corrected chi connectivity index (χ0v) is 10.0. The van der Waals surface area contributed by atoms with Crippen molar-refractivity contribution in [1.29, 1.82) is 0 Å². The topological polar surface area (TPSA) is 26.0 Å². The van der Waals surface area contributed by atoms with Crippen molar-refractivity contribution in [2.45, 2.75) is 29.3 Å². The van der Waals surface area contributed by atoms with E-state index in [4.69, 9.17) is 5.73 Å². The molecule has 0 aliphatic heterocycles. The first-order valence-corrected chi connectivity index (χ1v) is 5.97. The monoisotopic (exact) mass is 261 g/mol. The number of halogens is 3. The normalized spacial score (nSPS) is 13.4. The van der Waals surface area contributed by atoms with Gasteiger partial charge in [-0.2, -0.15) is 13.2 Å². The number of hydrogen-bond donors (Lipinski definition) is 1. The summed E-state index contributed by atoms with van der Waals surface area (Å²) in [5, 5.41) is 0. The van der Waals surface area contributed by atoms with Crippen molar-refractivity contribution >= 4 is 11.8 Å². The molecule has 0 fully saturated rings. The summed E-state index contributed by atoms with van der Waals surface area (Å²) in [4.78, 5) is 0.177. The second-order valence-electron chi connectivity index (χ2n) is 3.56. The molecule has 1 aromatic rings. The van der Waals surface area contributed by atoms with Gasteiger partial charge in [-0.05, 0) is 36.2 Å². The van der Waals surface area contributed by atoms with Gasteiger partial charge in [0, 0.05) is 10.9 Å². The highest BCUT2D eigenvalue weighted by molar-refractivity contribution is 8.00. The molecule has 94 valence electrons. The van der Waals surface area contributed by atoms with E-state index < -0.39 is 5.51 Å². The first-order valence-electron chi connectivity index (χ1n) is 5.15. The number of hydrogen-bond acceptors (Lipinski definition) is 2. The van der Waals surface area contributed by atoms with Gasteiger partial charge in [0.15, 0.2) is 0 Å². The number of allylic oxidation sites excluding steroid dienone is 1. The number of rotatable bonds is 5. The molecule has 0 bridgehead atoms. The highest BCUT2D eigenvalue weighted by atomic mass is 32.2. The molecule has 0 radical (unpaired) electrons. The quantitative estimate of drug-likeness (QED) is 0.633. The summed E-state index contributed by atoms with van der Waals surface area (Å²) >= 11 is -0.117. The average Bonchev–Trinajstić information content (AvgIpc) is 2.24. The molecule has 1 aromatic carbocycles. The molecule has 0 aliphatic carbocycles. The zero-order valence-electron chi connectivity index (χ0n) is 9.20. The lowest BCUT2D eigenvalue weighted by Gasteiger charge is -2.16. The second kappa shape index (κ2) is 6.12. The van der Waals surface area contributed by atoms with Crippen LogP contribution in [0.2, 0.25) is 0 Å². The van der Waals surface area contributed by atoms with Gasteiger partial charge in [0.1, 0.15) is 0 Å². The molecule has 0 aliphatic rings. The lowest BCUT2D eigenvalue weighted by Crippen LogP contribution is -2.12. The molecule has 0 amide bonds. The minimum absolute atomic E-state index is 0.117. The first-order chi connectivity index (χ1) is 7.94. The van der Waals surface area contributed by atoms with Gasteiger partial charge in [-0.25, -0.2) is 0 Å². The fraction of sp³-hybridized carbons (Fsp3) is 0.333. The van der Waals surface area contributed by atoms with Crippen molar-refractivity contribution < 1.29 is 13.2 Å². The maximum Gasteiger partial charge on any atom is 0.446 e. The summed E-state index contributed by atoms with van der Waals surface area (Å²) in [6, 6.07) is 5.98. The van der Waals surface area contributed by atoms with Crippen LogP contribution in [0.5, 0.6) is 0 Å². The van der Waals surface area contributed by atoms with Crippen LogP contribution >= 0.6 is 11.8 Å². The molecule has 1 rings (SSSR count). The fourth-order valence-electron chi connectivity index (χ4n) is 1.46. The Hall–Kier alpha value is -0.940. The predicted octanol–water partition coefficient (Wildman–Crippen LogP) is 4.26. The van der Waals surface area contributed by atoms with Crippen molar-refractivity contribution in [3.63, 3.8) is 0 Å². The number of benzene rings is 1. The number of nitrogens with two attached hydrogens (primary N) is 1. The molecule has 2 N–H and O–H groups in total. The molecule has 0 saturated heterocycles. The Kier molecular flexibility index (Phi) is 5.08. The fourth-order valence-corrected chi connectivity index (χ4v) is 2.19. The third-order valence-corrected chi connectivity index (χ3v) is 3.05. The molecule has 5 heteroatoms. The van der Waals surface area contributed by atoms with Crippen molar-refractivity contribution in [1.82, 2.24) is 0 Å². The molecule has 17 heavy (non-hydrogen) atoms.